The molecule has 3 heteroatoms. The van der Waals surface area contributed by atoms with Gasteiger partial charge in [-0.1, -0.05) is 52.4 Å². The highest BCUT2D eigenvalue weighted by molar-refractivity contribution is 14.1. The normalized spacial score (nSPS) is 12.7. The fourth-order valence-corrected chi connectivity index (χ4v) is 3.80. The van der Waals surface area contributed by atoms with E-state index in [1.807, 2.05) is 0 Å². The van der Waals surface area contributed by atoms with Gasteiger partial charge in [-0.25, -0.2) is 0 Å². The summed E-state index contributed by atoms with van der Waals surface area (Å²) in [5.41, 5.74) is 2.69. The van der Waals surface area contributed by atoms with E-state index in [9.17, 15) is 0 Å². The number of benzene rings is 1. The van der Waals surface area contributed by atoms with Crippen LogP contribution in [0.3, 0.4) is 0 Å². The molecule has 0 spiro atoms. The molecule has 0 saturated carbocycles. The van der Waals surface area contributed by atoms with Crippen LogP contribution in [0, 0.1) is 6.92 Å². The Hall–Kier alpha value is 0.130. The second-order valence-electron chi connectivity index (χ2n) is 3.42. The lowest BCUT2D eigenvalue weighted by Gasteiger charge is -2.07. The highest BCUT2D eigenvalue weighted by Gasteiger charge is 2.11. The van der Waals surface area contributed by atoms with Gasteiger partial charge in [0.25, 0.3) is 0 Å². The van der Waals surface area contributed by atoms with E-state index in [0.717, 1.165) is 0 Å². The van der Waals surface area contributed by atoms with E-state index in [4.69, 9.17) is 0 Å². The summed E-state index contributed by atoms with van der Waals surface area (Å²) >= 11 is 7.79. The van der Waals surface area contributed by atoms with Crippen molar-refractivity contribution in [3.8, 4) is 0 Å². The average molecular weight is 393 g/mol. The van der Waals surface area contributed by atoms with E-state index in [1.165, 1.54) is 19.8 Å². The Kier molecular flexibility index (Phi) is 3.85. The zero-order chi connectivity index (χ0) is 10.8. The number of aryl methyl sites for hydroxylation is 1. The third-order valence-corrected chi connectivity index (χ3v) is 5.72. The molecule has 0 bridgehead atoms. The van der Waals surface area contributed by atoms with Crippen LogP contribution in [0.1, 0.15) is 19.9 Å². The molecule has 15 heavy (non-hydrogen) atoms. The van der Waals surface area contributed by atoms with Crippen molar-refractivity contribution >= 4 is 49.9 Å². The maximum atomic E-state index is 3.50. The third kappa shape index (κ3) is 2.82. The van der Waals surface area contributed by atoms with Crippen LogP contribution in [0.25, 0.3) is 0 Å². The monoisotopic (exact) mass is 392 g/mol. The van der Waals surface area contributed by atoms with Gasteiger partial charge >= 0.3 is 0 Å². The summed E-state index contributed by atoms with van der Waals surface area (Å²) < 4.78 is 1.66. The Labute approximate surface area is 116 Å². The molecule has 2 aromatic rings. The van der Waals surface area contributed by atoms with Crippen LogP contribution in [0.2, 0.25) is 0 Å². The summed E-state index contributed by atoms with van der Waals surface area (Å²) in [5, 5.41) is 0. The molecule has 0 nitrogen and oxygen atoms in total. The molecule has 0 amide bonds. The highest BCUT2D eigenvalue weighted by Crippen LogP contribution is 2.37. The largest absolute Gasteiger partial charge is 0.132 e. The Morgan fingerprint density at radius 1 is 1.13 bits per heavy atom. The third-order valence-electron chi connectivity index (χ3n) is 2.21. The van der Waals surface area contributed by atoms with Gasteiger partial charge < -0.3 is 0 Å². The van der Waals surface area contributed by atoms with Gasteiger partial charge in [-0.3, -0.25) is 0 Å². The Morgan fingerprint density at radius 3 is 2.33 bits per heavy atom. The van der Waals surface area contributed by atoms with E-state index in [-0.39, 0.29) is 0 Å². The molecule has 1 heterocycles. The second kappa shape index (κ2) is 4.97. The van der Waals surface area contributed by atoms with Crippen molar-refractivity contribution in [2.24, 2.45) is 0 Å². The van der Waals surface area contributed by atoms with Crippen LogP contribution in [-0.4, -0.2) is 0 Å². The highest BCUT2D eigenvalue weighted by atomic mass is 127. The summed E-state index contributed by atoms with van der Waals surface area (Å²) in [5.74, 6) is 0. The molecule has 0 fully saturated rings. The quantitative estimate of drug-likeness (QED) is 0.477. The zero-order valence-corrected chi connectivity index (χ0v) is 12.8. The van der Waals surface area contributed by atoms with E-state index in [1.54, 1.807) is 11.3 Å². The van der Waals surface area contributed by atoms with Gasteiger partial charge in [0.15, 0.2) is 0 Å². The first-order valence-corrected chi connectivity index (χ1v) is 7.48. The number of alkyl halides is 1. The van der Waals surface area contributed by atoms with Crippen molar-refractivity contribution in [2.45, 2.75) is 10.8 Å². The first-order valence-electron chi connectivity index (χ1n) is 4.62. The van der Waals surface area contributed by atoms with Crippen molar-refractivity contribution in [1.82, 2.24) is 0 Å². The first-order chi connectivity index (χ1) is 7.16. The summed E-state index contributed by atoms with van der Waals surface area (Å²) in [6.07, 6.45) is 0. The van der Waals surface area contributed by atoms with Crippen LogP contribution in [0.4, 0.5) is 0 Å². The predicted octanol–water partition coefficient (Wildman–Crippen LogP) is 5.34. The van der Waals surface area contributed by atoms with Gasteiger partial charge in [0.2, 0.25) is 0 Å². The fourth-order valence-electron chi connectivity index (χ4n) is 1.36. The van der Waals surface area contributed by atoms with Gasteiger partial charge in [0.05, 0.1) is 7.71 Å². The Balaban J connectivity index is 2.28. The average Bonchev–Trinajstić information content (AvgIpc) is 2.65. The molecular formula is C12H10BrIS. The molecule has 1 aromatic heterocycles. The zero-order valence-electron chi connectivity index (χ0n) is 8.21. The molecule has 78 valence electrons. The molecule has 1 aromatic carbocycles. The second-order valence-corrected chi connectivity index (χ2v) is 7.16. The SMILES string of the molecule is Cc1ccc(C(I)c2ccc(Br)s2)cc1. The van der Waals surface area contributed by atoms with Gasteiger partial charge in [0.1, 0.15) is 0 Å². The van der Waals surface area contributed by atoms with Gasteiger partial charge in [0, 0.05) is 4.88 Å². The Morgan fingerprint density at radius 2 is 1.80 bits per heavy atom. The first kappa shape index (κ1) is 11.6. The predicted molar refractivity (Wildman–Crippen MR) is 79.1 cm³/mol. The minimum atomic E-state index is 0.458. The number of halogens is 2. The number of thiophene rings is 1. The molecule has 1 unspecified atom stereocenters. The number of hydrogen-bond donors (Lipinski definition) is 0. The number of rotatable bonds is 2. The van der Waals surface area contributed by atoms with Crippen LogP contribution >= 0.6 is 49.9 Å². The van der Waals surface area contributed by atoms with E-state index in [2.05, 4.69) is 81.8 Å². The minimum Gasteiger partial charge on any atom is -0.132 e. The van der Waals surface area contributed by atoms with E-state index >= 15 is 0 Å². The van der Waals surface area contributed by atoms with Crippen LogP contribution in [-0.2, 0) is 0 Å². The minimum absolute atomic E-state index is 0.458. The fraction of sp³-hybridized carbons (Fsp3) is 0.167. The molecular weight excluding hydrogens is 383 g/mol. The molecule has 0 saturated heterocycles. The smallest absolute Gasteiger partial charge is 0.0702 e. The molecule has 0 N–H and O–H groups in total. The van der Waals surface area contributed by atoms with Crippen molar-refractivity contribution in [3.05, 3.63) is 56.2 Å². The van der Waals surface area contributed by atoms with E-state index < -0.39 is 0 Å². The lowest BCUT2D eigenvalue weighted by atomic mass is 10.1. The van der Waals surface area contributed by atoms with Crippen molar-refractivity contribution in [1.29, 1.82) is 0 Å². The van der Waals surface area contributed by atoms with E-state index in [0.29, 0.717) is 3.92 Å². The standard InChI is InChI=1S/C12H10BrIS/c1-8-2-4-9(5-3-8)12(14)10-6-7-11(13)15-10/h2-7,12H,1H3. The van der Waals surface area contributed by atoms with Gasteiger partial charge in [-0.2, -0.15) is 0 Å². The summed E-state index contributed by atoms with van der Waals surface area (Å²) in [6, 6.07) is 13.1. The maximum absolute atomic E-state index is 3.50. The van der Waals surface area contributed by atoms with Crippen LogP contribution < -0.4 is 0 Å². The van der Waals surface area contributed by atoms with Crippen molar-refractivity contribution in [3.63, 3.8) is 0 Å². The molecule has 2 rings (SSSR count). The Bertz CT molecular complexity index is 447. The summed E-state index contributed by atoms with van der Waals surface area (Å²) in [7, 11) is 0. The summed E-state index contributed by atoms with van der Waals surface area (Å²) in [6.45, 7) is 2.12. The van der Waals surface area contributed by atoms with Gasteiger partial charge in [-0.15, -0.1) is 11.3 Å². The van der Waals surface area contributed by atoms with Gasteiger partial charge in [-0.05, 0) is 40.5 Å². The lowest BCUT2D eigenvalue weighted by molar-refractivity contribution is 1.24. The summed E-state index contributed by atoms with van der Waals surface area (Å²) in [4.78, 5) is 1.39. The molecule has 0 aliphatic carbocycles. The van der Waals surface area contributed by atoms with Crippen molar-refractivity contribution in [2.75, 3.05) is 0 Å². The number of hydrogen-bond acceptors (Lipinski definition) is 1. The molecule has 0 aliphatic rings. The molecule has 0 radical (unpaired) electrons. The lowest BCUT2D eigenvalue weighted by Crippen LogP contribution is -1.88. The van der Waals surface area contributed by atoms with Crippen LogP contribution in [0.5, 0.6) is 0 Å². The van der Waals surface area contributed by atoms with Crippen LogP contribution in [0.15, 0.2) is 40.2 Å². The molecule has 0 aliphatic heterocycles. The van der Waals surface area contributed by atoms with Crippen molar-refractivity contribution < 1.29 is 0 Å². The topological polar surface area (TPSA) is 0 Å². The molecule has 1 atom stereocenters. The maximum Gasteiger partial charge on any atom is 0.0702 e.